The van der Waals surface area contributed by atoms with Crippen molar-refractivity contribution in [2.45, 2.75) is 11.8 Å². The van der Waals surface area contributed by atoms with Gasteiger partial charge in [-0.2, -0.15) is 5.26 Å². The topological polar surface area (TPSA) is 113 Å². The van der Waals surface area contributed by atoms with Crippen molar-refractivity contribution in [2.24, 2.45) is 0 Å². The third-order valence-corrected chi connectivity index (χ3v) is 4.31. The van der Waals surface area contributed by atoms with Crippen molar-refractivity contribution >= 4 is 21.4 Å². The summed E-state index contributed by atoms with van der Waals surface area (Å²) in [6.07, 6.45) is 0. The molecule has 0 fully saturated rings. The van der Waals surface area contributed by atoms with Crippen LogP contribution in [0.4, 0.5) is 11.4 Å². The number of nitro groups is 1. The molecule has 2 rings (SSSR count). The molecule has 2 aromatic carbocycles. The van der Waals surface area contributed by atoms with Crippen LogP contribution in [0.15, 0.2) is 47.4 Å². The Bertz CT molecular complexity index is 885. The molecular formula is C14H11N3O4S. The Morgan fingerprint density at radius 1 is 1.23 bits per heavy atom. The van der Waals surface area contributed by atoms with Crippen LogP contribution in [0.2, 0.25) is 0 Å². The van der Waals surface area contributed by atoms with E-state index in [1.54, 1.807) is 0 Å². The average molecular weight is 317 g/mol. The number of aryl methyl sites for hydroxylation is 1. The van der Waals surface area contributed by atoms with Gasteiger partial charge in [0.1, 0.15) is 0 Å². The summed E-state index contributed by atoms with van der Waals surface area (Å²) < 4.78 is 26.8. The summed E-state index contributed by atoms with van der Waals surface area (Å²) in [5.74, 6) is 0. The SMILES string of the molecule is Cc1ccc(S(=O)(=O)Nc2cccc(C#N)c2)cc1[N+](=O)[O-]. The Hall–Kier alpha value is -2.92. The molecule has 2 aromatic rings. The van der Waals surface area contributed by atoms with Gasteiger partial charge in [0.25, 0.3) is 15.7 Å². The number of nitrogens with one attached hydrogen (secondary N) is 1. The summed E-state index contributed by atoms with van der Waals surface area (Å²) in [7, 11) is -3.97. The van der Waals surface area contributed by atoms with Crippen LogP contribution < -0.4 is 4.72 Å². The number of benzene rings is 2. The van der Waals surface area contributed by atoms with E-state index in [1.165, 1.54) is 43.3 Å². The number of anilines is 1. The van der Waals surface area contributed by atoms with E-state index in [0.717, 1.165) is 6.07 Å². The van der Waals surface area contributed by atoms with Crippen LogP contribution in [-0.2, 0) is 10.0 Å². The fraction of sp³-hybridized carbons (Fsp3) is 0.0714. The fourth-order valence-corrected chi connectivity index (χ4v) is 2.89. The highest BCUT2D eigenvalue weighted by molar-refractivity contribution is 7.92. The number of nitrogens with zero attached hydrogens (tertiary/aromatic N) is 2. The van der Waals surface area contributed by atoms with E-state index in [1.807, 2.05) is 6.07 Å². The number of sulfonamides is 1. The zero-order valence-electron chi connectivity index (χ0n) is 11.5. The molecule has 7 nitrogen and oxygen atoms in total. The molecule has 112 valence electrons. The predicted octanol–water partition coefficient (Wildman–Crippen LogP) is 2.58. The Morgan fingerprint density at radius 3 is 2.59 bits per heavy atom. The maximum atomic E-state index is 12.3. The minimum absolute atomic E-state index is 0.210. The van der Waals surface area contributed by atoms with Gasteiger partial charge >= 0.3 is 0 Å². The summed E-state index contributed by atoms with van der Waals surface area (Å²) in [6, 6.07) is 11.5. The van der Waals surface area contributed by atoms with Gasteiger partial charge in [-0.3, -0.25) is 14.8 Å². The second kappa shape index (κ2) is 5.83. The Labute approximate surface area is 127 Å². The summed E-state index contributed by atoms with van der Waals surface area (Å²) in [6.45, 7) is 1.53. The summed E-state index contributed by atoms with van der Waals surface area (Å²) in [5.41, 5.74) is 0.612. The highest BCUT2D eigenvalue weighted by Gasteiger charge is 2.19. The molecule has 0 spiro atoms. The zero-order chi connectivity index (χ0) is 16.3. The molecule has 0 atom stereocenters. The molecule has 0 amide bonds. The van der Waals surface area contributed by atoms with E-state index in [4.69, 9.17) is 5.26 Å². The highest BCUT2D eigenvalue weighted by atomic mass is 32.2. The number of nitriles is 1. The molecular weight excluding hydrogens is 306 g/mol. The second-order valence-electron chi connectivity index (χ2n) is 4.50. The molecule has 0 aliphatic heterocycles. The van der Waals surface area contributed by atoms with Gasteiger partial charge in [-0.25, -0.2) is 8.42 Å². The maximum absolute atomic E-state index is 12.3. The lowest BCUT2D eigenvalue weighted by Crippen LogP contribution is -2.13. The first kappa shape index (κ1) is 15.5. The molecule has 0 saturated carbocycles. The van der Waals surface area contributed by atoms with E-state index in [0.29, 0.717) is 11.1 Å². The highest BCUT2D eigenvalue weighted by Crippen LogP contribution is 2.24. The third-order valence-electron chi connectivity index (χ3n) is 2.93. The first-order chi connectivity index (χ1) is 10.3. The minimum atomic E-state index is -3.97. The molecule has 0 bridgehead atoms. The fourth-order valence-electron chi connectivity index (χ4n) is 1.82. The Kier molecular flexibility index (Phi) is 4.10. The molecule has 0 saturated heterocycles. The normalized spacial score (nSPS) is 10.7. The van der Waals surface area contributed by atoms with Crippen LogP contribution in [0.3, 0.4) is 0 Å². The Morgan fingerprint density at radius 2 is 1.95 bits per heavy atom. The largest absolute Gasteiger partial charge is 0.280 e. The van der Waals surface area contributed by atoms with Crippen LogP contribution >= 0.6 is 0 Å². The molecule has 1 N–H and O–H groups in total. The van der Waals surface area contributed by atoms with E-state index in [-0.39, 0.29) is 16.3 Å². The van der Waals surface area contributed by atoms with Crippen molar-refractivity contribution in [1.29, 1.82) is 5.26 Å². The predicted molar refractivity (Wildman–Crippen MR) is 79.8 cm³/mol. The van der Waals surface area contributed by atoms with Crippen LogP contribution in [0.5, 0.6) is 0 Å². The molecule has 0 radical (unpaired) electrons. The maximum Gasteiger partial charge on any atom is 0.273 e. The van der Waals surface area contributed by atoms with Crippen molar-refractivity contribution in [2.75, 3.05) is 4.72 Å². The van der Waals surface area contributed by atoms with Crippen LogP contribution in [-0.4, -0.2) is 13.3 Å². The zero-order valence-corrected chi connectivity index (χ0v) is 12.3. The van der Waals surface area contributed by atoms with E-state index in [2.05, 4.69) is 4.72 Å². The van der Waals surface area contributed by atoms with E-state index >= 15 is 0 Å². The van der Waals surface area contributed by atoms with Gasteiger partial charge in [0.2, 0.25) is 0 Å². The van der Waals surface area contributed by atoms with Gasteiger partial charge in [0.15, 0.2) is 0 Å². The summed E-state index contributed by atoms with van der Waals surface area (Å²) in [4.78, 5) is 10.0. The molecule has 0 aliphatic carbocycles. The van der Waals surface area contributed by atoms with Gasteiger partial charge in [0.05, 0.1) is 27.1 Å². The van der Waals surface area contributed by atoms with Gasteiger partial charge < -0.3 is 0 Å². The minimum Gasteiger partial charge on any atom is -0.280 e. The molecule has 0 aliphatic rings. The molecule has 0 heterocycles. The molecule has 22 heavy (non-hydrogen) atoms. The van der Waals surface area contributed by atoms with Gasteiger partial charge in [-0.1, -0.05) is 12.1 Å². The smallest absolute Gasteiger partial charge is 0.273 e. The van der Waals surface area contributed by atoms with Gasteiger partial charge in [-0.15, -0.1) is 0 Å². The van der Waals surface area contributed by atoms with E-state index in [9.17, 15) is 18.5 Å². The van der Waals surface area contributed by atoms with Crippen molar-refractivity contribution in [3.63, 3.8) is 0 Å². The lowest BCUT2D eigenvalue weighted by Gasteiger charge is -2.08. The number of rotatable bonds is 4. The van der Waals surface area contributed by atoms with Crippen LogP contribution in [0.1, 0.15) is 11.1 Å². The summed E-state index contributed by atoms with van der Waals surface area (Å²) >= 11 is 0. The van der Waals surface area contributed by atoms with Crippen molar-refractivity contribution < 1.29 is 13.3 Å². The lowest BCUT2D eigenvalue weighted by atomic mass is 10.2. The van der Waals surface area contributed by atoms with Crippen LogP contribution in [0, 0.1) is 28.4 Å². The van der Waals surface area contributed by atoms with Gasteiger partial charge in [-0.05, 0) is 31.2 Å². The average Bonchev–Trinajstić information content (AvgIpc) is 2.46. The van der Waals surface area contributed by atoms with Crippen molar-refractivity contribution in [3.8, 4) is 6.07 Å². The molecule has 0 unspecified atom stereocenters. The third kappa shape index (κ3) is 3.21. The van der Waals surface area contributed by atoms with E-state index < -0.39 is 14.9 Å². The first-order valence-electron chi connectivity index (χ1n) is 6.11. The quantitative estimate of drug-likeness (QED) is 0.687. The molecule has 8 heteroatoms. The standard InChI is InChI=1S/C14H11N3O4S/c1-10-5-6-13(8-14(10)17(18)19)22(20,21)16-12-4-2-3-11(7-12)9-15/h2-8,16H,1H3. The number of hydrogen-bond acceptors (Lipinski definition) is 5. The Balaban J connectivity index is 2.41. The second-order valence-corrected chi connectivity index (χ2v) is 6.19. The summed E-state index contributed by atoms with van der Waals surface area (Å²) in [5, 5.41) is 19.7. The van der Waals surface area contributed by atoms with Crippen LogP contribution in [0.25, 0.3) is 0 Å². The lowest BCUT2D eigenvalue weighted by molar-refractivity contribution is -0.385. The van der Waals surface area contributed by atoms with Gasteiger partial charge in [0, 0.05) is 11.6 Å². The van der Waals surface area contributed by atoms with Crippen molar-refractivity contribution in [1.82, 2.24) is 0 Å². The van der Waals surface area contributed by atoms with Crippen molar-refractivity contribution in [3.05, 3.63) is 63.7 Å². The first-order valence-corrected chi connectivity index (χ1v) is 7.60. The molecule has 0 aromatic heterocycles. The monoisotopic (exact) mass is 317 g/mol. The number of hydrogen-bond donors (Lipinski definition) is 1. The number of nitro benzene ring substituents is 1.